The molecule has 0 bridgehead atoms. The van der Waals surface area contributed by atoms with Crippen LogP contribution in [0.5, 0.6) is 0 Å². The van der Waals surface area contributed by atoms with Gasteiger partial charge in [-0.1, -0.05) is 12.8 Å². The van der Waals surface area contributed by atoms with E-state index in [1.54, 1.807) is 0 Å². The highest BCUT2D eigenvalue weighted by molar-refractivity contribution is 5.97. The van der Waals surface area contributed by atoms with Gasteiger partial charge in [0.25, 0.3) is 0 Å². The molecule has 1 heterocycles. The van der Waals surface area contributed by atoms with Crippen molar-refractivity contribution in [1.29, 1.82) is 0 Å². The quantitative estimate of drug-likeness (QED) is 0.845. The van der Waals surface area contributed by atoms with Crippen LogP contribution in [0.2, 0.25) is 0 Å². The van der Waals surface area contributed by atoms with Crippen molar-refractivity contribution in [2.24, 2.45) is 5.92 Å². The van der Waals surface area contributed by atoms with Crippen LogP contribution in [-0.2, 0) is 9.59 Å². The lowest BCUT2D eigenvalue weighted by atomic mass is 10.1. The second-order valence-corrected chi connectivity index (χ2v) is 7.80. The van der Waals surface area contributed by atoms with Gasteiger partial charge in [-0.25, -0.2) is 0 Å². The van der Waals surface area contributed by atoms with E-state index >= 15 is 0 Å². The van der Waals surface area contributed by atoms with Gasteiger partial charge in [0.15, 0.2) is 0 Å². The highest BCUT2D eigenvalue weighted by Crippen LogP contribution is 2.30. The number of nitrogens with one attached hydrogen (secondary N) is 1. The summed E-state index contributed by atoms with van der Waals surface area (Å²) in [5, 5.41) is 2.99. The van der Waals surface area contributed by atoms with Crippen molar-refractivity contribution < 1.29 is 9.59 Å². The summed E-state index contributed by atoms with van der Waals surface area (Å²) < 4.78 is 0. The zero-order valence-corrected chi connectivity index (χ0v) is 16.2. The summed E-state index contributed by atoms with van der Waals surface area (Å²) >= 11 is 0. The van der Waals surface area contributed by atoms with E-state index in [2.05, 4.69) is 31.0 Å². The van der Waals surface area contributed by atoms with E-state index in [0.29, 0.717) is 25.0 Å². The molecule has 26 heavy (non-hydrogen) atoms. The van der Waals surface area contributed by atoms with Gasteiger partial charge in [0, 0.05) is 43.0 Å². The van der Waals surface area contributed by atoms with Gasteiger partial charge < -0.3 is 15.1 Å². The highest BCUT2D eigenvalue weighted by atomic mass is 16.2. The van der Waals surface area contributed by atoms with Gasteiger partial charge in [-0.05, 0) is 57.9 Å². The zero-order valence-electron chi connectivity index (χ0n) is 16.2. The van der Waals surface area contributed by atoms with Gasteiger partial charge in [-0.15, -0.1) is 0 Å². The zero-order chi connectivity index (χ0) is 18.7. The Balaban J connectivity index is 1.59. The van der Waals surface area contributed by atoms with E-state index < -0.39 is 0 Å². The van der Waals surface area contributed by atoms with Gasteiger partial charge in [-0.3, -0.25) is 9.59 Å². The van der Waals surface area contributed by atoms with Gasteiger partial charge in [-0.2, -0.15) is 0 Å². The summed E-state index contributed by atoms with van der Waals surface area (Å²) in [5.74, 6) is -0.128. The van der Waals surface area contributed by atoms with Gasteiger partial charge >= 0.3 is 0 Å². The molecule has 1 aromatic rings. The Morgan fingerprint density at radius 1 is 1.23 bits per heavy atom. The molecular formula is C21H31N3O2. The SMILES string of the molecule is CCN(c1ccc(NC(=O)C2CC(=O)N(C3CCCC3)C2)cc1)C(C)C. The Hall–Kier alpha value is -2.04. The smallest absolute Gasteiger partial charge is 0.229 e. The van der Waals surface area contributed by atoms with Crippen LogP contribution >= 0.6 is 0 Å². The second kappa shape index (κ2) is 8.11. The van der Waals surface area contributed by atoms with E-state index in [4.69, 9.17) is 0 Å². The molecule has 1 N–H and O–H groups in total. The number of amides is 2. The molecule has 1 aromatic carbocycles. The van der Waals surface area contributed by atoms with Crippen LogP contribution in [0, 0.1) is 5.92 Å². The number of hydrogen-bond acceptors (Lipinski definition) is 3. The molecule has 1 unspecified atom stereocenters. The molecule has 2 fully saturated rings. The lowest BCUT2D eigenvalue weighted by Gasteiger charge is -2.27. The molecule has 2 amide bonds. The molecule has 142 valence electrons. The molecule has 1 aliphatic carbocycles. The maximum atomic E-state index is 12.6. The van der Waals surface area contributed by atoms with Crippen molar-refractivity contribution in [3.63, 3.8) is 0 Å². The summed E-state index contributed by atoms with van der Waals surface area (Å²) in [5.41, 5.74) is 1.95. The van der Waals surface area contributed by atoms with E-state index in [1.807, 2.05) is 29.2 Å². The molecule has 3 rings (SSSR count). The van der Waals surface area contributed by atoms with Crippen LogP contribution in [0.4, 0.5) is 11.4 Å². The number of carbonyl (C=O) groups is 2. The number of likely N-dealkylation sites (tertiary alicyclic amines) is 1. The highest BCUT2D eigenvalue weighted by Gasteiger charge is 2.38. The molecule has 1 saturated heterocycles. The molecule has 1 aliphatic heterocycles. The van der Waals surface area contributed by atoms with Crippen molar-refractivity contribution in [1.82, 2.24) is 4.90 Å². The molecule has 1 saturated carbocycles. The molecule has 5 nitrogen and oxygen atoms in total. The van der Waals surface area contributed by atoms with Crippen LogP contribution < -0.4 is 10.2 Å². The third-order valence-corrected chi connectivity index (χ3v) is 5.73. The van der Waals surface area contributed by atoms with Crippen molar-refractivity contribution in [2.75, 3.05) is 23.3 Å². The maximum absolute atomic E-state index is 12.6. The van der Waals surface area contributed by atoms with Crippen LogP contribution in [0.25, 0.3) is 0 Å². The fraction of sp³-hybridized carbons (Fsp3) is 0.619. The Kier molecular flexibility index (Phi) is 5.84. The van der Waals surface area contributed by atoms with Crippen LogP contribution in [0.3, 0.4) is 0 Å². The Morgan fingerprint density at radius 2 is 1.88 bits per heavy atom. The van der Waals surface area contributed by atoms with Gasteiger partial charge in [0.2, 0.25) is 11.8 Å². The van der Waals surface area contributed by atoms with Crippen molar-refractivity contribution in [3.8, 4) is 0 Å². The van der Waals surface area contributed by atoms with E-state index in [0.717, 1.165) is 30.8 Å². The van der Waals surface area contributed by atoms with E-state index in [9.17, 15) is 9.59 Å². The third kappa shape index (κ3) is 4.02. The lowest BCUT2D eigenvalue weighted by molar-refractivity contribution is -0.129. The monoisotopic (exact) mass is 357 g/mol. The first-order valence-electron chi connectivity index (χ1n) is 9.96. The number of benzene rings is 1. The molecule has 5 heteroatoms. The lowest BCUT2D eigenvalue weighted by Crippen LogP contribution is -2.35. The number of rotatable bonds is 6. The molecule has 0 spiro atoms. The predicted octanol–water partition coefficient (Wildman–Crippen LogP) is 3.65. The van der Waals surface area contributed by atoms with Crippen molar-refractivity contribution in [2.45, 2.75) is 65.0 Å². The number of nitrogens with zero attached hydrogens (tertiary/aromatic N) is 2. The number of anilines is 2. The Morgan fingerprint density at radius 3 is 2.46 bits per heavy atom. The fourth-order valence-electron chi connectivity index (χ4n) is 4.30. The van der Waals surface area contributed by atoms with Gasteiger partial charge in [0.1, 0.15) is 0 Å². The van der Waals surface area contributed by atoms with E-state index in [-0.39, 0.29) is 17.7 Å². The molecule has 0 aromatic heterocycles. The summed E-state index contributed by atoms with van der Waals surface area (Å²) in [7, 11) is 0. The minimum atomic E-state index is -0.231. The Bertz CT molecular complexity index is 635. The van der Waals surface area contributed by atoms with Crippen molar-refractivity contribution in [3.05, 3.63) is 24.3 Å². The second-order valence-electron chi connectivity index (χ2n) is 7.80. The minimum Gasteiger partial charge on any atom is -0.369 e. The number of carbonyl (C=O) groups excluding carboxylic acids is 2. The van der Waals surface area contributed by atoms with E-state index in [1.165, 1.54) is 12.8 Å². The first-order chi connectivity index (χ1) is 12.5. The average Bonchev–Trinajstić information content (AvgIpc) is 3.26. The third-order valence-electron chi connectivity index (χ3n) is 5.73. The largest absolute Gasteiger partial charge is 0.369 e. The fourth-order valence-corrected chi connectivity index (χ4v) is 4.30. The topological polar surface area (TPSA) is 52.7 Å². The van der Waals surface area contributed by atoms with Crippen LogP contribution in [0.15, 0.2) is 24.3 Å². The normalized spacial score (nSPS) is 20.8. The Labute approximate surface area is 156 Å². The maximum Gasteiger partial charge on any atom is 0.229 e. The summed E-state index contributed by atoms with van der Waals surface area (Å²) in [6.07, 6.45) is 4.92. The predicted molar refractivity (Wildman–Crippen MR) is 105 cm³/mol. The molecule has 2 aliphatic rings. The summed E-state index contributed by atoms with van der Waals surface area (Å²) in [4.78, 5) is 29.1. The summed E-state index contributed by atoms with van der Waals surface area (Å²) in [6, 6.07) is 8.78. The average molecular weight is 357 g/mol. The van der Waals surface area contributed by atoms with Crippen molar-refractivity contribution >= 4 is 23.2 Å². The number of hydrogen-bond donors (Lipinski definition) is 1. The van der Waals surface area contributed by atoms with Crippen LogP contribution in [0.1, 0.15) is 52.9 Å². The first kappa shape index (κ1) is 18.7. The first-order valence-corrected chi connectivity index (χ1v) is 9.96. The van der Waals surface area contributed by atoms with Gasteiger partial charge in [0.05, 0.1) is 5.92 Å². The molecule has 1 atom stereocenters. The minimum absolute atomic E-state index is 0.0391. The standard InChI is InChI=1S/C21H31N3O2/c1-4-23(15(2)3)19-11-9-17(10-12-19)22-21(26)16-13-20(25)24(14-16)18-7-5-6-8-18/h9-12,15-16,18H,4-8,13-14H2,1-3H3,(H,22,26). The summed E-state index contributed by atoms with van der Waals surface area (Å²) in [6.45, 7) is 8.01. The molecular weight excluding hydrogens is 326 g/mol. The van der Waals surface area contributed by atoms with Crippen LogP contribution in [-0.4, -0.2) is 41.9 Å². The molecule has 0 radical (unpaired) electrons.